The summed E-state index contributed by atoms with van der Waals surface area (Å²) < 4.78 is 6.26. The highest BCUT2D eigenvalue weighted by Gasteiger charge is 2.68. The third kappa shape index (κ3) is 3.73. The molecule has 2 bridgehead atoms. The molecule has 0 radical (unpaired) electrons. The third-order valence-corrected chi connectivity index (χ3v) is 10.4. The van der Waals surface area contributed by atoms with E-state index in [4.69, 9.17) is 4.74 Å². The third-order valence-electron chi connectivity index (χ3n) is 9.42. The van der Waals surface area contributed by atoms with E-state index in [1.165, 1.54) is 11.8 Å². The molecule has 176 valence electrons. The molecule has 0 amide bonds. The zero-order valence-corrected chi connectivity index (χ0v) is 20.9. The van der Waals surface area contributed by atoms with Gasteiger partial charge in [-0.25, -0.2) is 0 Å². The van der Waals surface area contributed by atoms with Gasteiger partial charge >= 0.3 is 5.97 Å². The lowest BCUT2D eigenvalue weighted by Crippen LogP contribution is -2.63. The molecule has 0 saturated heterocycles. The van der Waals surface area contributed by atoms with Gasteiger partial charge in [-0.1, -0.05) is 52.8 Å². The molecule has 3 aliphatic carbocycles. The standard InChI is InChI=1S/C27H38O4S/c1-17-11-13-27-14-12-20(28)23(27)26(17,5)21(15-25(3,4)24(30)18(27)2)31-22(29)16-32-19-9-7-6-8-10-19/h6-10,17-18,21,23-24,30H,11-16H2,1-5H3/t17?,18-,21+,23?,24-,26-,27?/m0/s1. The van der Waals surface area contributed by atoms with Crippen LogP contribution in [-0.4, -0.2) is 34.8 Å². The average Bonchev–Trinajstić information content (AvgIpc) is 3.12. The maximum absolute atomic E-state index is 13.4. The molecular formula is C27H38O4S. The molecule has 32 heavy (non-hydrogen) atoms. The topological polar surface area (TPSA) is 63.6 Å². The van der Waals surface area contributed by atoms with Crippen molar-refractivity contribution in [3.63, 3.8) is 0 Å². The van der Waals surface area contributed by atoms with Gasteiger partial charge in [0.2, 0.25) is 0 Å². The summed E-state index contributed by atoms with van der Waals surface area (Å²) in [7, 11) is 0. The number of hydrogen-bond acceptors (Lipinski definition) is 5. The first kappa shape index (κ1) is 23.8. The van der Waals surface area contributed by atoms with Crippen LogP contribution in [-0.2, 0) is 14.3 Å². The number of aliphatic hydroxyl groups excluding tert-OH is 1. The highest BCUT2D eigenvalue weighted by Crippen LogP contribution is 2.67. The number of ketones is 1. The zero-order valence-electron chi connectivity index (χ0n) is 20.1. The Morgan fingerprint density at radius 1 is 1.16 bits per heavy atom. The summed E-state index contributed by atoms with van der Waals surface area (Å²) in [5, 5.41) is 11.4. The van der Waals surface area contributed by atoms with E-state index >= 15 is 0 Å². The Labute approximate surface area is 196 Å². The van der Waals surface area contributed by atoms with Gasteiger partial charge < -0.3 is 9.84 Å². The zero-order chi connectivity index (χ0) is 23.3. The Kier molecular flexibility index (Phi) is 6.30. The monoisotopic (exact) mass is 458 g/mol. The van der Waals surface area contributed by atoms with Crippen molar-refractivity contribution in [1.82, 2.24) is 0 Å². The largest absolute Gasteiger partial charge is 0.461 e. The molecule has 0 aliphatic heterocycles. The summed E-state index contributed by atoms with van der Waals surface area (Å²) in [5.41, 5.74) is -1.01. The van der Waals surface area contributed by atoms with Crippen molar-refractivity contribution in [2.75, 3.05) is 5.75 Å². The number of benzene rings is 1. The van der Waals surface area contributed by atoms with E-state index in [0.717, 1.165) is 24.2 Å². The Morgan fingerprint density at radius 2 is 1.84 bits per heavy atom. The summed E-state index contributed by atoms with van der Waals surface area (Å²) in [5.74, 6) is 0.481. The summed E-state index contributed by atoms with van der Waals surface area (Å²) in [6, 6.07) is 9.87. The number of ether oxygens (including phenoxy) is 1. The van der Waals surface area contributed by atoms with Gasteiger partial charge in [0.1, 0.15) is 11.9 Å². The Hall–Kier alpha value is -1.33. The molecule has 1 aromatic carbocycles. The lowest BCUT2D eigenvalue weighted by atomic mass is 9.44. The minimum absolute atomic E-state index is 0.0473. The van der Waals surface area contributed by atoms with Crippen LogP contribution in [0.3, 0.4) is 0 Å². The minimum atomic E-state index is -0.534. The second kappa shape index (κ2) is 8.47. The minimum Gasteiger partial charge on any atom is -0.461 e. The van der Waals surface area contributed by atoms with Gasteiger partial charge in [0.25, 0.3) is 0 Å². The van der Waals surface area contributed by atoms with Crippen LogP contribution in [0.15, 0.2) is 35.2 Å². The predicted octanol–water partition coefficient (Wildman–Crippen LogP) is 5.52. The molecule has 3 saturated carbocycles. The van der Waals surface area contributed by atoms with Crippen molar-refractivity contribution in [3.8, 4) is 0 Å². The fraction of sp³-hybridized carbons (Fsp3) is 0.704. The number of carbonyl (C=O) groups excluding carboxylic acids is 2. The molecular weight excluding hydrogens is 420 g/mol. The molecule has 0 spiro atoms. The van der Waals surface area contributed by atoms with Gasteiger partial charge in [-0.2, -0.15) is 0 Å². The van der Waals surface area contributed by atoms with Crippen molar-refractivity contribution in [2.45, 2.75) is 83.8 Å². The van der Waals surface area contributed by atoms with Crippen LogP contribution in [0.1, 0.15) is 66.7 Å². The normalized spacial score (nSPS) is 40.8. The second-order valence-electron chi connectivity index (χ2n) is 11.4. The van der Waals surface area contributed by atoms with E-state index in [1.54, 1.807) is 0 Å². The van der Waals surface area contributed by atoms with Crippen LogP contribution in [0.5, 0.6) is 0 Å². The van der Waals surface area contributed by atoms with Crippen LogP contribution in [0.25, 0.3) is 0 Å². The maximum Gasteiger partial charge on any atom is 0.316 e. The quantitative estimate of drug-likeness (QED) is 0.475. The van der Waals surface area contributed by atoms with E-state index < -0.39 is 16.9 Å². The molecule has 3 aliphatic rings. The summed E-state index contributed by atoms with van der Waals surface area (Å²) >= 11 is 1.48. The predicted molar refractivity (Wildman–Crippen MR) is 127 cm³/mol. The van der Waals surface area contributed by atoms with Crippen molar-refractivity contribution < 1.29 is 19.4 Å². The van der Waals surface area contributed by atoms with Crippen molar-refractivity contribution >= 4 is 23.5 Å². The number of hydrogen-bond donors (Lipinski definition) is 1. The number of rotatable bonds is 4. The van der Waals surface area contributed by atoms with Crippen LogP contribution in [0, 0.1) is 34.0 Å². The molecule has 7 atom stereocenters. The van der Waals surface area contributed by atoms with E-state index in [2.05, 4.69) is 34.6 Å². The molecule has 3 unspecified atom stereocenters. The highest BCUT2D eigenvalue weighted by atomic mass is 32.2. The van der Waals surface area contributed by atoms with Crippen LogP contribution < -0.4 is 0 Å². The first-order valence-corrected chi connectivity index (χ1v) is 13.1. The number of aliphatic hydroxyl groups is 1. The molecule has 0 aromatic heterocycles. The molecule has 4 rings (SSSR count). The number of Topliss-reactive ketones (excluding diaryl/α,β-unsaturated/α-hetero) is 1. The molecule has 5 heteroatoms. The van der Waals surface area contributed by atoms with Gasteiger partial charge in [-0.3, -0.25) is 9.59 Å². The van der Waals surface area contributed by atoms with Gasteiger partial charge in [0, 0.05) is 22.6 Å². The van der Waals surface area contributed by atoms with Gasteiger partial charge in [-0.15, -0.1) is 11.8 Å². The lowest BCUT2D eigenvalue weighted by molar-refractivity contribution is -0.208. The first-order valence-electron chi connectivity index (χ1n) is 12.1. The van der Waals surface area contributed by atoms with Gasteiger partial charge in [0.15, 0.2) is 0 Å². The highest BCUT2D eigenvalue weighted by molar-refractivity contribution is 8.00. The fourth-order valence-corrected chi connectivity index (χ4v) is 8.04. The second-order valence-corrected chi connectivity index (χ2v) is 12.5. The SMILES string of the molecule is CC1CCC23CCC(=O)C2[C@]1(C)[C@H](OC(=O)CSc1ccccc1)CC(C)(C)[C@@H](O)[C@@H]3C. The number of carbonyl (C=O) groups is 2. The Morgan fingerprint density at radius 3 is 2.53 bits per heavy atom. The number of thioether (sulfide) groups is 1. The van der Waals surface area contributed by atoms with Gasteiger partial charge in [0.05, 0.1) is 11.9 Å². The van der Waals surface area contributed by atoms with Crippen LogP contribution in [0.4, 0.5) is 0 Å². The van der Waals surface area contributed by atoms with E-state index in [1.807, 2.05) is 30.3 Å². The molecule has 1 aromatic rings. The number of esters is 1. The molecule has 0 heterocycles. The molecule has 1 N–H and O–H groups in total. The Bertz CT molecular complexity index is 868. The molecule has 4 nitrogen and oxygen atoms in total. The van der Waals surface area contributed by atoms with Crippen molar-refractivity contribution in [3.05, 3.63) is 30.3 Å². The van der Waals surface area contributed by atoms with Crippen molar-refractivity contribution in [2.24, 2.45) is 34.0 Å². The first-order chi connectivity index (χ1) is 15.0. The van der Waals surface area contributed by atoms with Crippen LogP contribution in [0.2, 0.25) is 0 Å². The summed E-state index contributed by atoms with van der Waals surface area (Å²) in [4.78, 5) is 27.4. The van der Waals surface area contributed by atoms with E-state index in [0.29, 0.717) is 18.6 Å². The van der Waals surface area contributed by atoms with E-state index in [9.17, 15) is 14.7 Å². The molecule has 3 fully saturated rings. The average molecular weight is 459 g/mol. The smallest absolute Gasteiger partial charge is 0.316 e. The lowest BCUT2D eigenvalue weighted by Gasteiger charge is -2.61. The Balaban J connectivity index is 1.67. The van der Waals surface area contributed by atoms with E-state index in [-0.39, 0.29) is 41.0 Å². The maximum atomic E-state index is 13.4. The van der Waals surface area contributed by atoms with Crippen LogP contribution >= 0.6 is 11.8 Å². The summed E-state index contributed by atoms with van der Waals surface area (Å²) in [6.45, 7) is 10.8. The van der Waals surface area contributed by atoms with Crippen molar-refractivity contribution in [1.29, 1.82) is 0 Å². The van der Waals surface area contributed by atoms with Gasteiger partial charge in [-0.05, 0) is 60.5 Å². The summed E-state index contributed by atoms with van der Waals surface area (Å²) in [6.07, 6.45) is 3.05. The fourth-order valence-electron chi connectivity index (χ4n) is 7.33.